The molecule has 2 heterocycles. The van der Waals surface area contributed by atoms with Gasteiger partial charge in [-0.3, -0.25) is 9.48 Å². The molecule has 106 valence electrons. The zero-order chi connectivity index (χ0) is 14.2. The Balaban J connectivity index is 2.05. The van der Waals surface area contributed by atoms with Gasteiger partial charge in [-0.1, -0.05) is 6.92 Å². The zero-order valence-corrected chi connectivity index (χ0v) is 12.2. The maximum atomic E-state index is 12.3. The second-order valence-electron chi connectivity index (χ2n) is 5.62. The summed E-state index contributed by atoms with van der Waals surface area (Å²) < 4.78 is 1.82. The molecule has 1 saturated heterocycles. The topological polar surface area (TPSA) is 58.4 Å². The number of hydrogen-bond donors (Lipinski definition) is 1. The van der Waals surface area contributed by atoms with Crippen LogP contribution in [0.15, 0.2) is 0 Å². The van der Waals surface area contributed by atoms with Crippen LogP contribution < -0.4 is 0 Å². The third kappa shape index (κ3) is 2.81. The van der Waals surface area contributed by atoms with E-state index in [1.807, 2.05) is 37.4 Å². The lowest BCUT2D eigenvalue weighted by Gasteiger charge is -2.34. The third-order valence-corrected chi connectivity index (χ3v) is 4.20. The van der Waals surface area contributed by atoms with Crippen molar-refractivity contribution in [2.24, 2.45) is 13.0 Å². The molecule has 1 aromatic rings. The van der Waals surface area contributed by atoms with Crippen LogP contribution in [-0.2, 0) is 18.3 Å². The van der Waals surface area contributed by atoms with Crippen molar-refractivity contribution in [2.75, 3.05) is 13.1 Å². The Kier molecular flexibility index (Phi) is 3.94. The van der Waals surface area contributed by atoms with Gasteiger partial charge in [-0.05, 0) is 26.2 Å². The number of likely N-dealkylation sites (tertiary alicyclic amines) is 1. The molecule has 1 fully saturated rings. The molecular formula is C14H23N3O2. The maximum Gasteiger partial charge on any atom is 0.227 e. The maximum absolute atomic E-state index is 12.3. The fraction of sp³-hybridized carbons (Fsp3) is 0.714. The van der Waals surface area contributed by atoms with Crippen molar-refractivity contribution in [1.29, 1.82) is 0 Å². The number of aliphatic hydroxyl groups is 1. The molecule has 0 radical (unpaired) electrons. The SMILES string of the molecule is Cc1nn(C)c(C)c1CC(=O)N1CCC(O)C(C)C1. The minimum Gasteiger partial charge on any atom is -0.393 e. The van der Waals surface area contributed by atoms with Crippen LogP contribution in [0.25, 0.3) is 0 Å². The predicted octanol–water partition coefficient (Wildman–Crippen LogP) is 0.809. The molecule has 5 nitrogen and oxygen atoms in total. The van der Waals surface area contributed by atoms with E-state index in [0.29, 0.717) is 25.9 Å². The molecule has 1 aliphatic rings. The van der Waals surface area contributed by atoms with Gasteiger partial charge in [0, 0.05) is 31.4 Å². The average Bonchev–Trinajstić information content (AvgIpc) is 2.59. The summed E-state index contributed by atoms with van der Waals surface area (Å²) in [5.41, 5.74) is 3.01. The molecular weight excluding hydrogens is 242 g/mol. The molecule has 0 spiro atoms. The van der Waals surface area contributed by atoms with E-state index < -0.39 is 0 Å². The third-order valence-electron chi connectivity index (χ3n) is 4.20. The first-order valence-electron chi connectivity index (χ1n) is 6.85. The van der Waals surface area contributed by atoms with Gasteiger partial charge in [0.05, 0.1) is 18.2 Å². The molecule has 19 heavy (non-hydrogen) atoms. The second-order valence-corrected chi connectivity index (χ2v) is 5.62. The number of aromatic nitrogens is 2. The molecule has 2 atom stereocenters. The highest BCUT2D eigenvalue weighted by Gasteiger charge is 2.27. The Morgan fingerprint density at radius 2 is 2.16 bits per heavy atom. The fourth-order valence-electron chi connectivity index (χ4n) is 2.70. The van der Waals surface area contributed by atoms with Gasteiger partial charge in [0.2, 0.25) is 5.91 Å². The van der Waals surface area contributed by atoms with Crippen LogP contribution in [0.4, 0.5) is 0 Å². The van der Waals surface area contributed by atoms with E-state index in [1.54, 1.807) is 0 Å². The highest BCUT2D eigenvalue weighted by atomic mass is 16.3. The standard InChI is InChI=1S/C14H23N3O2/c1-9-8-17(6-5-13(9)18)14(19)7-12-10(2)15-16(4)11(12)3/h9,13,18H,5-8H2,1-4H3. The number of piperidine rings is 1. The number of carbonyl (C=O) groups is 1. The number of aryl methyl sites for hydroxylation is 2. The van der Waals surface area contributed by atoms with Gasteiger partial charge >= 0.3 is 0 Å². The van der Waals surface area contributed by atoms with Crippen LogP contribution in [0, 0.1) is 19.8 Å². The average molecular weight is 265 g/mol. The smallest absolute Gasteiger partial charge is 0.227 e. The van der Waals surface area contributed by atoms with E-state index in [4.69, 9.17) is 0 Å². The van der Waals surface area contributed by atoms with Crippen LogP contribution in [0.3, 0.4) is 0 Å². The molecule has 1 aromatic heterocycles. The molecule has 1 N–H and O–H groups in total. The van der Waals surface area contributed by atoms with Gasteiger partial charge < -0.3 is 10.0 Å². The summed E-state index contributed by atoms with van der Waals surface area (Å²) in [6, 6.07) is 0. The van der Waals surface area contributed by atoms with Crippen LogP contribution in [-0.4, -0.2) is 44.9 Å². The van der Waals surface area contributed by atoms with E-state index in [0.717, 1.165) is 17.0 Å². The van der Waals surface area contributed by atoms with Crippen molar-refractivity contribution in [1.82, 2.24) is 14.7 Å². The van der Waals surface area contributed by atoms with Crippen molar-refractivity contribution in [2.45, 2.75) is 39.7 Å². The normalized spacial score (nSPS) is 23.7. The Hall–Kier alpha value is -1.36. The van der Waals surface area contributed by atoms with Crippen molar-refractivity contribution in [3.05, 3.63) is 17.0 Å². The van der Waals surface area contributed by atoms with E-state index in [2.05, 4.69) is 5.10 Å². The lowest BCUT2D eigenvalue weighted by Crippen LogP contribution is -2.45. The van der Waals surface area contributed by atoms with Gasteiger partial charge in [-0.25, -0.2) is 0 Å². The first-order chi connectivity index (χ1) is 8.90. The zero-order valence-electron chi connectivity index (χ0n) is 12.2. The van der Waals surface area contributed by atoms with Gasteiger partial charge in [-0.2, -0.15) is 5.10 Å². The van der Waals surface area contributed by atoms with Crippen molar-refractivity contribution in [3.63, 3.8) is 0 Å². The van der Waals surface area contributed by atoms with Gasteiger partial charge in [0.1, 0.15) is 0 Å². The van der Waals surface area contributed by atoms with Crippen LogP contribution >= 0.6 is 0 Å². The minimum atomic E-state index is -0.272. The first-order valence-corrected chi connectivity index (χ1v) is 6.85. The molecule has 2 unspecified atom stereocenters. The largest absolute Gasteiger partial charge is 0.393 e. The van der Waals surface area contributed by atoms with Gasteiger partial charge in [-0.15, -0.1) is 0 Å². The number of rotatable bonds is 2. The highest BCUT2D eigenvalue weighted by Crippen LogP contribution is 2.19. The fourth-order valence-corrected chi connectivity index (χ4v) is 2.70. The molecule has 5 heteroatoms. The summed E-state index contributed by atoms with van der Waals surface area (Å²) in [6.07, 6.45) is 0.817. The summed E-state index contributed by atoms with van der Waals surface area (Å²) in [5, 5.41) is 14.0. The van der Waals surface area contributed by atoms with Gasteiger partial charge in [0.15, 0.2) is 0 Å². The quantitative estimate of drug-likeness (QED) is 0.861. The Morgan fingerprint density at radius 1 is 1.47 bits per heavy atom. The van der Waals surface area contributed by atoms with Crippen molar-refractivity contribution < 1.29 is 9.90 Å². The Labute approximate surface area is 114 Å². The molecule has 0 saturated carbocycles. The summed E-state index contributed by atoms with van der Waals surface area (Å²) >= 11 is 0. The first kappa shape index (κ1) is 14.1. The van der Waals surface area contributed by atoms with Crippen LogP contribution in [0.5, 0.6) is 0 Å². The minimum absolute atomic E-state index is 0.137. The summed E-state index contributed by atoms with van der Waals surface area (Å²) in [5.74, 6) is 0.298. The number of hydrogen-bond acceptors (Lipinski definition) is 3. The van der Waals surface area contributed by atoms with Crippen LogP contribution in [0.2, 0.25) is 0 Å². The summed E-state index contributed by atoms with van der Waals surface area (Å²) in [7, 11) is 1.90. The van der Waals surface area contributed by atoms with E-state index in [9.17, 15) is 9.90 Å². The monoisotopic (exact) mass is 265 g/mol. The molecule has 0 aromatic carbocycles. The highest BCUT2D eigenvalue weighted by molar-refractivity contribution is 5.79. The van der Waals surface area contributed by atoms with E-state index >= 15 is 0 Å². The van der Waals surface area contributed by atoms with Crippen molar-refractivity contribution >= 4 is 5.91 Å². The molecule has 2 rings (SSSR count). The second kappa shape index (κ2) is 5.33. The lowest BCUT2D eigenvalue weighted by molar-refractivity contribution is -0.134. The number of aliphatic hydroxyl groups excluding tert-OH is 1. The summed E-state index contributed by atoms with van der Waals surface area (Å²) in [4.78, 5) is 14.2. The molecule has 0 bridgehead atoms. The number of nitrogens with zero attached hydrogens (tertiary/aromatic N) is 3. The number of amides is 1. The molecule has 1 amide bonds. The van der Waals surface area contributed by atoms with Gasteiger partial charge in [0.25, 0.3) is 0 Å². The van der Waals surface area contributed by atoms with E-state index in [-0.39, 0.29) is 17.9 Å². The number of carbonyl (C=O) groups excluding carboxylic acids is 1. The predicted molar refractivity (Wildman–Crippen MR) is 72.8 cm³/mol. The van der Waals surface area contributed by atoms with Crippen molar-refractivity contribution in [3.8, 4) is 0 Å². The summed E-state index contributed by atoms with van der Waals surface area (Å²) in [6.45, 7) is 7.23. The lowest BCUT2D eigenvalue weighted by atomic mass is 9.96. The van der Waals surface area contributed by atoms with Crippen LogP contribution in [0.1, 0.15) is 30.3 Å². The van der Waals surface area contributed by atoms with E-state index in [1.165, 1.54) is 0 Å². The Bertz CT molecular complexity index is 481. The molecule has 1 aliphatic heterocycles. The molecule has 0 aliphatic carbocycles. The Morgan fingerprint density at radius 3 is 2.68 bits per heavy atom.